The molecular formula is C14H16ClN3O2. The van der Waals surface area contributed by atoms with E-state index in [1.54, 1.807) is 10.9 Å². The van der Waals surface area contributed by atoms with Crippen molar-refractivity contribution < 1.29 is 9.53 Å². The van der Waals surface area contributed by atoms with Crippen molar-refractivity contribution in [1.82, 2.24) is 15.1 Å². The van der Waals surface area contributed by atoms with E-state index < -0.39 is 0 Å². The summed E-state index contributed by atoms with van der Waals surface area (Å²) in [5.41, 5.74) is 0.871. The van der Waals surface area contributed by atoms with Gasteiger partial charge in [-0.3, -0.25) is 4.79 Å². The molecule has 0 unspecified atom stereocenters. The summed E-state index contributed by atoms with van der Waals surface area (Å²) < 4.78 is 6.93. The van der Waals surface area contributed by atoms with Gasteiger partial charge in [-0.1, -0.05) is 29.8 Å². The van der Waals surface area contributed by atoms with Gasteiger partial charge in [-0.05, 0) is 26.0 Å². The number of rotatable bonds is 5. The number of hydrogen-bond acceptors (Lipinski definition) is 3. The molecule has 0 bridgehead atoms. The second-order valence-electron chi connectivity index (χ2n) is 4.57. The number of benzene rings is 1. The Morgan fingerprint density at radius 2 is 2.10 bits per heavy atom. The first-order valence-corrected chi connectivity index (χ1v) is 6.67. The molecule has 2 rings (SSSR count). The lowest BCUT2D eigenvalue weighted by Crippen LogP contribution is -2.34. The fourth-order valence-corrected chi connectivity index (χ4v) is 1.83. The topological polar surface area (TPSA) is 56.1 Å². The molecule has 0 aliphatic heterocycles. The van der Waals surface area contributed by atoms with Gasteiger partial charge in [0.15, 0.2) is 6.61 Å². The standard InChI is InChI=1S/C14H16ClN3O2/c1-10(2)16-13(19)9-20-14-12(15)8-18(17-14)11-6-4-3-5-7-11/h3-8,10H,9H2,1-2H3,(H,16,19). The molecule has 106 valence electrons. The predicted octanol–water partition coefficient (Wildman–Crippen LogP) is 2.43. The van der Waals surface area contributed by atoms with Crippen LogP contribution in [0.3, 0.4) is 0 Å². The first kappa shape index (κ1) is 14.4. The summed E-state index contributed by atoms with van der Waals surface area (Å²) in [6.07, 6.45) is 1.65. The van der Waals surface area contributed by atoms with Gasteiger partial charge in [-0.15, -0.1) is 5.10 Å². The highest BCUT2D eigenvalue weighted by Gasteiger charge is 2.11. The van der Waals surface area contributed by atoms with Crippen LogP contribution in [0.4, 0.5) is 0 Å². The van der Waals surface area contributed by atoms with Crippen molar-refractivity contribution in [2.45, 2.75) is 19.9 Å². The lowest BCUT2D eigenvalue weighted by Gasteiger charge is -2.08. The third kappa shape index (κ3) is 3.74. The number of ether oxygens (including phenoxy) is 1. The molecule has 0 saturated heterocycles. The molecule has 1 heterocycles. The summed E-state index contributed by atoms with van der Waals surface area (Å²) in [7, 11) is 0. The van der Waals surface area contributed by atoms with Gasteiger partial charge in [0.25, 0.3) is 11.8 Å². The minimum Gasteiger partial charge on any atom is -0.465 e. The zero-order chi connectivity index (χ0) is 14.5. The van der Waals surface area contributed by atoms with Gasteiger partial charge in [0.05, 0.1) is 11.9 Å². The van der Waals surface area contributed by atoms with Crippen LogP contribution in [0.5, 0.6) is 5.88 Å². The molecule has 0 saturated carbocycles. The number of halogens is 1. The summed E-state index contributed by atoms with van der Waals surface area (Å²) in [4.78, 5) is 11.5. The van der Waals surface area contributed by atoms with Crippen LogP contribution in [0.2, 0.25) is 5.02 Å². The highest BCUT2D eigenvalue weighted by molar-refractivity contribution is 6.31. The Labute approximate surface area is 122 Å². The van der Waals surface area contributed by atoms with Crippen LogP contribution in [-0.2, 0) is 4.79 Å². The van der Waals surface area contributed by atoms with Crippen molar-refractivity contribution in [2.24, 2.45) is 0 Å². The smallest absolute Gasteiger partial charge is 0.258 e. The van der Waals surface area contributed by atoms with Crippen LogP contribution in [0.15, 0.2) is 36.5 Å². The van der Waals surface area contributed by atoms with Gasteiger partial charge >= 0.3 is 0 Å². The van der Waals surface area contributed by atoms with Gasteiger partial charge in [0.1, 0.15) is 5.02 Å². The van der Waals surface area contributed by atoms with E-state index in [4.69, 9.17) is 16.3 Å². The Hall–Kier alpha value is -2.01. The quantitative estimate of drug-likeness (QED) is 0.921. The van der Waals surface area contributed by atoms with Crippen molar-refractivity contribution in [3.8, 4) is 11.6 Å². The molecule has 0 spiro atoms. The Kier molecular flexibility index (Phi) is 4.63. The van der Waals surface area contributed by atoms with Crippen LogP contribution in [-0.4, -0.2) is 28.3 Å². The summed E-state index contributed by atoms with van der Waals surface area (Å²) in [6.45, 7) is 3.66. The third-order valence-electron chi connectivity index (χ3n) is 2.45. The summed E-state index contributed by atoms with van der Waals surface area (Å²) in [5.74, 6) is 0.0414. The second kappa shape index (κ2) is 6.43. The normalized spacial score (nSPS) is 10.6. The van der Waals surface area contributed by atoms with Gasteiger partial charge in [-0.25, -0.2) is 4.68 Å². The molecule has 0 atom stereocenters. The highest BCUT2D eigenvalue weighted by Crippen LogP contribution is 2.23. The molecule has 6 heteroatoms. The number of amides is 1. The summed E-state index contributed by atoms with van der Waals surface area (Å²) in [6, 6.07) is 9.60. The summed E-state index contributed by atoms with van der Waals surface area (Å²) in [5, 5.41) is 7.31. The number of carbonyl (C=O) groups is 1. The van der Waals surface area contributed by atoms with Crippen molar-refractivity contribution in [2.75, 3.05) is 6.61 Å². The van der Waals surface area contributed by atoms with Crippen molar-refractivity contribution in [3.05, 3.63) is 41.6 Å². The molecule has 1 aromatic carbocycles. The van der Waals surface area contributed by atoms with Gasteiger partial charge in [-0.2, -0.15) is 0 Å². The van der Waals surface area contributed by atoms with Crippen LogP contribution in [0.25, 0.3) is 5.69 Å². The average Bonchev–Trinajstić information content (AvgIpc) is 2.78. The van der Waals surface area contributed by atoms with E-state index in [0.717, 1.165) is 5.69 Å². The molecule has 5 nitrogen and oxygen atoms in total. The zero-order valence-corrected chi connectivity index (χ0v) is 12.1. The Bertz CT molecular complexity index is 581. The second-order valence-corrected chi connectivity index (χ2v) is 4.98. The van der Waals surface area contributed by atoms with E-state index >= 15 is 0 Å². The van der Waals surface area contributed by atoms with Gasteiger partial charge in [0.2, 0.25) is 0 Å². The van der Waals surface area contributed by atoms with E-state index in [-0.39, 0.29) is 24.4 Å². The van der Waals surface area contributed by atoms with Gasteiger partial charge < -0.3 is 10.1 Å². The highest BCUT2D eigenvalue weighted by atomic mass is 35.5. The van der Waals surface area contributed by atoms with E-state index in [1.807, 2.05) is 44.2 Å². The number of hydrogen-bond donors (Lipinski definition) is 1. The lowest BCUT2D eigenvalue weighted by atomic mass is 10.3. The Morgan fingerprint density at radius 1 is 1.40 bits per heavy atom. The average molecular weight is 294 g/mol. The first-order valence-electron chi connectivity index (χ1n) is 6.29. The van der Waals surface area contributed by atoms with Gasteiger partial charge in [0, 0.05) is 6.04 Å². The number of aromatic nitrogens is 2. The lowest BCUT2D eigenvalue weighted by molar-refractivity contribution is -0.123. The molecular weight excluding hydrogens is 278 g/mol. The largest absolute Gasteiger partial charge is 0.465 e. The predicted molar refractivity (Wildman–Crippen MR) is 77.3 cm³/mol. The van der Waals surface area contributed by atoms with Crippen molar-refractivity contribution in [1.29, 1.82) is 0 Å². The SMILES string of the molecule is CC(C)NC(=O)COc1nn(-c2ccccc2)cc1Cl. The van der Waals surface area contributed by atoms with E-state index in [1.165, 1.54) is 0 Å². The van der Waals surface area contributed by atoms with Crippen LogP contribution in [0, 0.1) is 0 Å². The van der Waals surface area contributed by atoms with Crippen LogP contribution >= 0.6 is 11.6 Å². The fourth-order valence-electron chi connectivity index (χ4n) is 1.65. The number of nitrogens with zero attached hydrogens (tertiary/aromatic N) is 2. The molecule has 0 radical (unpaired) electrons. The Balaban J connectivity index is 2.03. The van der Waals surface area contributed by atoms with Crippen molar-refractivity contribution in [3.63, 3.8) is 0 Å². The monoisotopic (exact) mass is 293 g/mol. The Morgan fingerprint density at radius 3 is 2.75 bits per heavy atom. The zero-order valence-electron chi connectivity index (χ0n) is 11.3. The molecule has 0 aliphatic rings. The molecule has 0 fully saturated rings. The maximum atomic E-state index is 11.5. The fraction of sp³-hybridized carbons (Fsp3) is 0.286. The molecule has 2 aromatic rings. The number of carbonyl (C=O) groups excluding carboxylic acids is 1. The molecule has 1 amide bonds. The molecule has 1 N–H and O–H groups in total. The third-order valence-corrected chi connectivity index (χ3v) is 2.71. The van der Waals surface area contributed by atoms with Crippen molar-refractivity contribution >= 4 is 17.5 Å². The van der Waals surface area contributed by atoms with Crippen LogP contribution < -0.4 is 10.1 Å². The number of nitrogens with one attached hydrogen (secondary N) is 1. The molecule has 0 aliphatic carbocycles. The minimum absolute atomic E-state index is 0.0726. The summed E-state index contributed by atoms with van der Waals surface area (Å²) >= 11 is 6.04. The van der Waals surface area contributed by atoms with E-state index in [0.29, 0.717) is 5.02 Å². The first-order chi connectivity index (χ1) is 9.56. The molecule has 1 aromatic heterocycles. The van der Waals surface area contributed by atoms with E-state index in [2.05, 4.69) is 10.4 Å². The maximum absolute atomic E-state index is 11.5. The van der Waals surface area contributed by atoms with E-state index in [9.17, 15) is 4.79 Å². The molecule has 20 heavy (non-hydrogen) atoms. The maximum Gasteiger partial charge on any atom is 0.258 e. The minimum atomic E-state index is -0.203. The number of para-hydroxylation sites is 1. The van der Waals surface area contributed by atoms with Crippen LogP contribution in [0.1, 0.15) is 13.8 Å².